The van der Waals surface area contributed by atoms with Crippen LogP contribution in [0.5, 0.6) is 5.75 Å². The van der Waals surface area contributed by atoms with Gasteiger partial charge in [0.1, 0.15) is 5.75 Å². The van der Waals surface area contributed by atoms with E-state index in [0.717, 1.165) is 5.75 Å². The van der Waals surface area contributed by atoms with Gasteiger partial charge in [0.25, 0.3) is 0 Å². The minimum absolute atomic E-state index is 0.613. The molecule has 0 saturated heterocycles. The highest BCUT2D eigenvalue weighted by Crippen LogP contribution is 2.25. The summed E-state index contributed by atoms with van der Waals surface area (Å²) in [6.07, 6.45) is 0. The first kappa shape index (κ1) is 9.92. The molecule has 1 aromatic carbocycles. The van der Waals surface area contributed by atoms with E-state index in [4.69, 9.17) is 15.9 Å². The molecule has 72 valence electrons. The van der Waals surface area contributed by atoms with Gasteiger partial charge in [-0.1, -0.05) is 0 Å². The molecule has 13 heavy (non-hydrogen) atoms. The van der Waals surface area contributed by atoms with Crippen molar-refractivity contribution in [1.82, 2.24) is 0 Å². The van der Waals surface area contributed by atoms with Gasteiger partial charge >= 0.3 is 0 Å². The van der Waals surface area contributed by atoms with Crippen molar-refractivity contribution in [3.05, 3.63) is 18.2 Å². The van der Waals surface area contributed by atoms with E-state index in [9.17, 15) is 0 Å². The molecule has 0 aliphatic carbocycles. The zero-order chi connectivity index (χ0) is 10.1. The summed E-state index contributed by atoms with van der Waals surface area (Å²) in [6, 6.07) is 5.34. The van der Waals surface area contributed by atoms with E-state index < -0.39 is 8.32 Å². The van der Waals surface area contributed by atoms with Crippen LogP contribution < -0.4 is 15.9 Å². The normalized spacial score (nSPS) is 11.3. The molecule has 4 heteroatoms. The largest absolute Gasteiger partial charge is 0.543 e. The Balaban J connectivity index is 2.90. The predicted molar refractivity (Wildman–Crippen MR) is 59.2 cm³/mol. The van der Waals surface area contributed by atoms with E-state index in [1.54, 1.807) is 12.1 Å². The summed E-state index contributed by atoms with van der Waals surface area (Å²) in [7, 11) is -1.57. The molecule has 0 bridgehead atoms. The second-order valence-corrected chi connectivity index (χ2v) is 8.44. The Hall–Kier alpha value is -1.16. The molecule has 0 aliphatic heterocycles. The average molecular weight is 196 g/mol. The minimum atomic E-state index is -1.57. The number of anilines is 2. The average Bonchev–Trinajstić information content (AvgIpc) is 1.93. The van der Waals surface area contributed by atoms with Crippen LogP contribution in [0.3, 0.4) is 0 Å². The van der Waals surface area contributed by atoms with Crippen LogP contribution in [0.15, 0.2) is 18.2 Å². The van der Waals surface area contributed by atoms with Gasteiger partial charge in [0.2, 0.25) is 8.32 Å². The topological polar surface area (TPSA) is 61.3 Å². The number of benzene rings is 1. The molecule has 0 heterocycles. The van der Waals surface area contributed by atoms with Crippen LogP contribution in [0.1, 0.15) is 0 Å². The third-order valence-electron chi connectivity index (χ3n) is 1.45. The molecule has 0 radical (unpaired) electrons. The van der Waals surface area contributed by atoms with Crippen molar-refractivity contribution in [3.8, 4) is 5.75 Å². The van der Waals surface area contributed by atoms with Gasteiger partial charge in [0, 0.05) is 5.69 Å². The lowest BCUT2D eigenvalue weighted by Crippen LogP contribution is -2.29. The van der Waals surface area contributed by atoms with Gasteiger partial charge in [-0.25, -0.2) is 0 Å². The zero-order valence-electron chi connectivity index (χ0n) is 8.29. The molecule has 0 amide bonds. The number of hydrogen-bond donors (Lipinski definition) is 2. The molecule has 0 fully saturated rings. The lowest BCUT2D eigenvalue weighted by molar-refractivity contribution is 0.560. The highest BCUT2D eigenvalue weighted by atomic mass is 28.4. The zero-order valence-corrected chi connectivity index (χ0v) is 9.29. The summed E-state index contributed by atoms with van der Waals surface area (Å²) >= 11 is 0. The van der Waals surface area contributed by atoms with Crippen molar-refractivity contribution in [2.75, 3.05) is 11.5 Å². The minimum Gasteiger partial charge on any atom is -0.543 e. The van der Waals surface area contributed by atoms with Gasteiger partial charge in [0.15, 0.2) is 0 Å². The van der Waals surface area contributed by atoms with E-state index in [1.807, 2.05) is 6.07 Å². The van der Waals surface area contributed by atoms with Crippen molar-refractivity contribution < 1.29 is 4.43 Å². The molecule has 4 N–H and O–H groups in total. The molecule has 0 aromatic heterocycles. The van der Waals surface area contributed by atoms with Crippen LogP contribution in [-0.4, -0.2) is 8.32 Å². The second-order valence-electron chi connectivity index (χ2n) is 4.01. The third kappa shape index (κ3) is 2.99. The van der Waals surface area contributed by atoms with E-state index in [0.29, 0.717) is 11.4 Å². The van der Waals surface area contributed by atoms with Crippen LogP contribution >= 0.6 is 0 Å². The fraction of sp³-hybridized carbons (Fsp3) is 0.333. The maximum atomic E-state index is 5.75. The Morgan fingerprint density at radius 2 is 1.77 bits per heavy atom. The van der Waals surface area contributed by atoms with Crippen molar-refractivity contribution in [2.24, 2.45) is 0 Å². The van der Waals surface area contributed by atoms with Crippen molar-refractivity contribution in [1.29, 1.82) is 0 Å². The fourth-order valence-corrected chi connectivity index (χ4v) is 1.84. The molecular weight excluding hydrogens is 180 g/mol. The van der Waals surface area contributed by atoms with Crippen molar-refractivity contribution >= 4 is 19.7 Å². The summed E-state index contributed by atoms with van der Waals surface area (Å²) in [5.74, 6) is 0.744. The molecule has 1 aromatic rings. The smallest absolute Gasteiger partial charge is 0.242 e. The van der Waals surface area contributed by atoms with Crippen LogP contribution in [-0.2, 0) is 0 Å². The van der Waals surface area contributed by atoms with Crippen LogP contribution in [0.4, 0.5) is 11.4 Å². The lowest BCUT2D eigenvalue weighted by Gasteiger charge is -2.20. The van der Waals surface area contributed by atoms with Gasteiger partial charge in [-0.05, 0) is 37.8 Å². The fourth-order valence-electron chi connectivity index (χ4n) is 0.990. The standard InChI is InChI=1S/C9H16N2OSi/c1-13(2,3)12-9-5-4-7(10)6-8(9)11/h4-6H,10-11H2,1-3H3. The van der Waals surface area contributed by atoms with Crippen molar-refractivity contribution in [2.45, 2.75) is 19.6 Å². The molecule has 0 aliphatic rings. The van der Waals surface area contributed by atoms with E-state index in [1.165, 1.54) is 0 Å². The van der Waals surface area contributed by atoms with Gasteiger partial charge < -0.3 is 15.9 Å². The first-order valence-corrected chi connectivity index (χ1v) is 7.63. The Labute approximate surface area is 79.8 Å². The number of rotatable bonds is 2. The third-order valence-corrected chi connectivity index (χ3v) is 2.28. The molecule has 0 saturated carbocycles. The van der Waals surface area contributed by atoms with Crippen molar-refractivity contribution in [3.63, 3.8) is 0 Å². The van der Waals surface area contributed by atoms with Gasteiger partial charge in [-0.15, -0.1) is 0 Å². The van der Waals surface area contributed by atoms with Gasteiger partial charge in [0.05, 0.1) is 5.69 Å². The summed E-state index contributed by atoms with van der Waals surface area (Å²) in [6.45, 7) is 6.34. The predicted octanol–water partition coefficient (Wildman–Crippen LogP) is 2.06. The van der Waals surface area contributed by atoms with Crippen LogP contribution in [0.2, 0.25) is 19.6 Å². The maximum absolute atomic E-state index is 5.75. The van der Waals surface area contributed by atoms with Crippen LogP contribution in [0.25, 0.3) is 0 Å². The number of nitrogens with two attached hydrogens (primary N) is 2. The number of nitrogen functional groups attached to an aromatic ring is 2. The SMILES string of the molecule is C[Si](C)(C)Oc1ccc(N)cc1N. The lowest BCUT2D eigenvalue weighted by atomic mass is 10.3. The highest BCUT2D eigenvalue weighted by molar-refractivity contribution is 6.70. The maximum Gasteiger partial charge on any atom is 0.242 e. The quantitative estimate of drug-likeness (QED) is 0.562. The Morgan fingerprint density at radius 3 is 2.23 bits per heavy atom. The molecule has 0 unspecified atom stereocenters. The van der Waals surface area contributed by atoms with E-state index in [-0.39, 0.29) is 0 Å². The molecule has 1 rings (SSSR count). The molecule has 3 nitrogen and oxygen atoms in total. The Bertz CT molecular complexity index is 307. The summed E-state index contributed by atoms with van der Waals surface area (Å²) in [4.78, 5) is 0. The van der Waals surface area contributed by atoms with Gasteiger partial charge in [-0.3, -0.25) is 0 Å². The van der Waals surface area contributed by atoms with Crippen LogP contribution in [0, 0.1) is 0 Å². The Morgan fingerprint density at radius 1 is 1.15 bits per heavy atom. The first-order chi connectivity index (χ1) is 5.88. The summed E-state index contributed by atoms with van der Waals surface area (Å²) < 4.78 is 5.75. The molecular formula is C9H16N2OSi. The number of hydrogen-bond acceptors (Lipinski definition) is 3. The Kier molecular flexibility index (Phi) is 2.52. The van der Waals surface area contributed by atoms with Gasteiger partial charge in [-0.2, -0.15) is 0 Å². The molecule has 0 atom stereocenters. The summed E-state index contributed by atoms with van der Waals surface area (Å²) in [5, 5.41) is 0. The molecule has 0 spiro atoms. The first-order valence-electron chi connectivity index (χ1n) is 4.22. The van der Waals surface area contributed by atoms with E-state index in [2.05, 4.69) is 19.6 Å². The monoisotopic (exact) mass is 196 g/mol. The highest BCUT2D eigenvalue weighted by Gasteiger charge is 2.17. The summed E-state index contributed by atoms with van der Waals surface area (Å²) in [5.41, 5.74) is 12.6. The second kappa shape index (κ2) is 3.30. The van der Waals surface area contributed by atoms with E-state index >= 15 is 0 Å².